The normalized spacial score (nSPS) is 12.5. The van der Waals surface area contributed by atoms with E-state index in [2.05, 4.69) is 51.0 Å². The van der Waals surface area contributed by atoms with Gasteiger partial charge in [0.15, 0.2) is 0 Å². The average molecular weight is 351 g/mol. The first-order valence-corrected chi connectivity index (χ1v) is 7.03. The first kappa shape index (κ1) is 14.0. The molecule has 0 fully saturated rings. The van der Waals surface area contributed by atoms with Crippen molar-refractivity contribution in [2.24, 2.45) is 0 Å². The Morgan fingerprint density at radius 1 is 1.38 bits per heavy atom. The third-order valence-corrected chi connectivity index (χ3v) is 3.47. The fraction of sp³-hybridized carbons (Fsp3) is 0.500. The molecule has 0 amide bonds. The summed E-state index contributed by atoms with van der Waals surface area (Å²) in [5.41, 5.74) is 0. The minimum Gasteiger partial charge on any atom is -0.491 e. The van der Waals surface area contributed by atoms with Gasteiger partial charge in [0, 0.05) is 17.1 Å². The number of hydrogen-bond donors (Lipinski definition) is 1. The summed E-state index contributed by atoms with van der Waals surface area (Å²) < 4.78 is 7.68. The van der Waals surface area contributed by atoms with E-state index in [1.54, 1.807) is 0 Å². The average Bonchev–Trinajstić information content (AvgIpc) is 2.26. The van der Waals surface area contributed by atoms with Gasteiger partial charge in [-0.1, -0.05) is 22.9 Å². The van der Waals surface area contributed by atoms with Gasteiger partial charge in [-0.05, 0) is 47.5 Å². The van der Waals surface area contributed by atoms with Crippen LogP contribution in [0.1, 0.15) is 20.3 Å². The predicted octanol–water partition coefficient (Wildman–Crippen LogP) is 3.98. The Morgan fingerprint density at radius 2 is 2.12 bits per heavy atom. The summed E-state index contributed by atoms with van der Waals surface area (Å²) in [5, 5.41) is 3.38. The van der Waals surface area contributed by atoms with E-state index in [0.717, 1.165) is 27.7 Å². The SMILES string of the molecule is CCC(C)NCCOc1ccc(Br)cc1Br. The van der Waals surface area contributed by atoms with Crippen molar-refractivity contribution in [1.82, 2.24) is 5.32 Å². The molecule has 1 rings (SSSR count). The van der Waals surface area contributed by atoms with Gasteiger partial charge in [0.1, 0.15) is 12.4 Å². The molecule has 0 heterocycles. The van der Waals surface area contributed by atoms with Gasteiger partial charge in [0.05, 0.1) is 4.47 Å². The quantitative estimate of drug-likeness (QED) is 0.783. The number of rotatable bonds is 6. The van der Waals surface area contributed by atoms with Crippen LogP contribution < -0.4 is 10.1 Å². The highest BCUT2D eigenvalue weighted by atomic mass is 79.9. The molecule has 0 saturated heterocycles. The van der Waals surface area contributed by atoms with Gasteiger partial charge in [-0.15, -0.1) is 0 Å². The maximum Gasteiger partial charge on any atom is 0.133 e. The standard InChI is InChI=1S/C12H17Br2NO/c1-3-9(2)15-6-7-16-12-5-4-10(13)8-11(12)14/h4-5,8-9,15H,3,6-7H2,1-2H3. The van der Waals surface area contributed by atoms with Crippen LogP contribution in [0.3, 0.4) is 0 Å². The molecule has 0 aliphatic heterocycles. The molecule has 0 aliphatic rings. The van der Waals surface area contributed by atoms with Crippen LogP contribution in [0, 0.1) is 0 Å². The van der Waals surface area contributed by atoms with Crippen molar-refractivity contribution >= 4 is 31.9 Å². The molecule has 90 valence electrons. The first-order chi connectivity index (χ1) is 7.63. The molecule has 2 nitrogen and oxygen atoms in total. The van der Waals surface area contributed by atoms with Gasteiger partial charge >= 0.3 is 0 Å². The molecule has 0 spiro atoms. The van der Waals surface area contributed by atoms with Gasteiger partial charge in [0.25, 0.3) is 0 Å². The van der Waals surface area contributed by atoms with E-state index in [1.165, 1.54) is 0 Å². The smallest absolute Gasteiger partial charge is 0.133 e. The monoisotopic (exact) mass is 349 g/mol. The third kappa shape index (κ3) is 4.85. The van der Waals surface area contributed by atoms with E-state index in [9.17, 15) is 0 Å². The molecule has 0 saturated carbocycles. The predicted molar refractivity (Wildman–Crippen MR) is 75.1 cm³/mol. The lowest BCUT2D eigenvalue weighted by Gasteiger charge is -2.12. The van der Waals surface area contributed by atoms with Crippen LogP contribution in [0.2, 0.25) is 0 Å². The van der Waals surface area contributed by atoms with E-state index in [4.69, 9.17) is 4.74 Å². The zero-order valence-corrected chi connectivity index (χ0v) is 12.8. The van der Waals surface area contributed by atoms with Crippen molar-refractivity contribution in [1.29, 1.82) is 0 Å². The molecule has 1 aromatic rings. The summed E-state index contributed by atoms with van der Waals surface area (Å²) in [5.74, 6) is 0.883. The van der Waals surface area contributed by atoms with Crippen molar-refractivity contribution in [3.63, 3.8) is 0 Å². The van der Waals surface area contributed by atoms with E-state index in [1.807, 2.05) is 18.2 Å². The van der Waals surface area contributed by atoms with E-state index >= 15 is 0 Å². The van der Waals surface area contributed by atoms with Gasteiger partial charge < -0.3 is 10.1 Å². The summed E-state index contributed by atoms with van der Waals surface area (Å²) in [6.07, 6.45) is 1.14. The van der Waals surface area contributed by atoms with E-state index in [0.29, 0.717) is 12.6 Å². The molecular weight excluding hydrogens is 334 g/mol. The minimum absolute atomic E-state index is 0.553. The van der Waals surface area contributed by atoms with Crippen LogP contribution in [0.15, 0.2) is 27.1 Å². The number of hydrogen-bond acceptors (Lipinski definition) is 2. The molecule has 0 bridgehead atoms. The highest BCUT2D eigenvalue weighted by molar-refractivity contribution is 9.11. The minimum atomic E-state index is 0.553. The molecule has 4 heteroatoms. The van der Waals surface area contributed by atoms with Crippen LogP contribution in [0.5, 0.6) is 5.75 Å². The van der Waals surface area contributed by atoms with Gasteiger partial charge in [-0.3, -0.25) is 0 Å². The van der Waals surface area contributed by atoms with Crippen molar-refractivity contribution in [3.8, 4) is 5.75 Å². The van der Waals surface area contributed by atoms with Gasteiger partial charge in [-0.25, -0.2) is 0 Å². The van der Waals surface area contributed by atoms with Gasteiger partial charge in [-0.2, -0.15) is 0 Å². The van der Waals surface area contributed by atoms with Crippen molar-refractivity contribution in [3.05, 3.63) is 27.1 Å². The topological polar surface area (TPSA) is 21.3 Å². The molecule has 16 heavy (non-hydrogen) atoms. The first-order valence-electron chi connectivity index (χ1n) is 5.44. The fourth-order valence-electron chi connectivity index (χ4n) is 1.20. The fourth-order valence-corrected chi connectivity index (χ4v) is 2.36. The summed E-state index contributed by atoms with van der Waals surface area (Å²) in [6.45, 7) is 5.90. The lowest BCUT2D eigenvalue weighted by Crippen LogP contribution is -2.29. The van der Waals surface area contributed by atoms with Gasteiger partial charge in [0.2, 0.25) is 0 Å². The number of benzene rings is 1. The molecule has 1 unspecified atom stereocenters. The second-order valence-electron chi connectivity index (χ2n) is 3.69. The Kier molecular flexibility index (Phi) is 6.39. The Balaban J connectivity index is 2.32. The van der Waals surface area contributed by atoms with Crippen LogP contribution >= 0.6 is 31.9 Å². The molecule has 1 atom stereocenters. The molecule has 1 aromatic carbocycles. The number of ether oxygens (including phenoxy) is 1. The third-order valence-electron chi connectivity index (χ3n) is 2.36. The highest BCUT2D eigenvalue weighted by Crippen LogP contribution is 2.27. The van der Waals surface area contributed by atoms with Crippen LogP contribution in [0.4, 0.5) is 0 Å². The lowest BCUT2D eigenvalue weighted by molar-refractivity contribution is 0.304. The van der Waals surface area contributed by atoms with E-state index < -0.39 is 0 Å². The van der Waals surface area contributed by atoms with E-state index in [-0.39, 0.29) is 0 Å². The number of halogens is 2. The summed E-state index contributed by atoms with van der Waals surface area (Å²) in [4.78, 5) is 0. The molecule has 0 aliphatic carbocycles. The Morgan fingerprint density at radius 3 is 2.75 bits per heavy atom. The molecule has 0 aromatic heterocycles. The highest BCUT2D eigenvalue weighted by Gasteiger charge is 2.02. The van der Waals surface area contributed by atoms with Crippen molar-refractivity contribution in [2.75, 3.05) is 13.2 Å². The maximum atomic E-state index is 5.66. The molecule has 1 N–H and O–H groups in total. The summed E-state index contributed by atoms with van der Waals surface area (Å²) in [6, 6.07) is 6.47. The zero-order chi connectivity index (χ0) is 12.0. The van der Waals surface area contributed by atoms with Crippen LogP contribution in [0.25, 0.3) is 0 Å². The summed E-state index contributed by atoms with van der Waals surface area (Å²) >= 11 is 6.88. The second-order valence-corrected chi connectivity index (χ2v) is 5.46. The molecular formula is C12H17Br2NO. The Hall–Kier alpha value is -0.0600. The van der Waals surface area contributed by atoms with Crippen LogP contribution in [-0.4, -0.2) is 19.2 Å². The maximum absolute atomic E-state index is 5.66. The Bertz CT molecular complexity index is 331. The summed E-state index contributed by atoms with van der Waals surface area (Å²) in [7, 11) is 0. The van der Waals surface area contributed by atoms with Crippen molar-refractivity contribution < 1.29 is 4.74 Å². The van der Waals surface area contributed by atoms with Crippen LogP contribution in [-0.2, 0) is 0 Å². The van der Waals surface area contributed by atoms with Crippen molar-refractivity contribution in [2.45, 2.75) is 26.3 Å². The second kappa shape index (κ2) is 7.30. The zero-order valence-electron chi connectivity index (χ0n) is 9.59. The largest absolute Gasteiger partial charge is 0.491 e. The Labute approximate surface area is 114 Å². The molecule has 0 radical (unpaired) electrons. The lowest BCUT2D eigenvalue weighted by atomic mass is 10.3. The number of nitrogens with one attached hydrogen (secondary N) is 1.